The third kappa shape index (κ3) is 5.44. The van der Waals surface area contributed by atoms with Crippen LogP contribution in [0, 0.1) is 0 Å². The average Bonchev–Trinajstić information content (AvgIpc) is 2.72. The summed E-state index contributed by atoms with van der Waals surface area (Å²) in [6, 6.07) is 20.9. The van der Waals surface area contributed by atoms with Crippen LogP contribution < -0.4 is 4.74 Å². The van der Waals surface area contributed by atoms with Crippen LogP contribution in [0.5, 0.6) is 5.75 Å². The van der Waals surface area contributed by atoms with Gasteiger partial charge in [0.1, 0.15) is 17.9 Å². The lowest BCUT2D eigenvalue weighted by Gasteiger charge is -2.11. The SMILES string of the molecule is O=C(COC(=O)c1ccccc1OCc1ccc(Cl)cc1)c1ccc(Br)cc1. The summed E-state index contributed by atoms with van der Waals surface area (Å²) in [5, 5.41) is 0.642. The standard InChI is InChI=1S/C22H16BrClO4/c23-17-9-7-16(8-10-17)20(25)14-28-22(26)19-3-1-2-4-21(19)27-13-15-5-11-18(24)12-6-15/h1-12H,13-14H2. The van der Waals surface area contributed by atoms with E-state index in [2.05, 4.69) is 15.9 Å². The Morgan fingerprint density at radius 3 is 2.29 bits per heavy atom. The van der Waals surface area contributed by atoms with E-state index >= 15 is 0 Å². The van der Waals surface area contributed by atoms with Gasteiger partial charge in [0.15, 0.2) is 12.4 Å². The molecule has 4 nitrogen and oxygen atoms in total. The Kier molecular flexibility index (Phi) is 6.85. The van der Waals surface area contributed by atoms with Gasteiger partial charge in [-0.15, -0.1) is 0 Å². The Morgan fingerprint density at radius 2 is 1.57 bits per heavy atom. The molecule has 3 rings (SSSR count). The molecule has 0 N–H and O–H groups in total. The van der Waals surface area contributed by atoms with Crippen molar-refractivity contribution in [2.24, 2.45) is 0 Å². The Labute approximate surface area is 176 Å². The van der Waals surface area contributed by atoms with Gasteiger partial charge in [0.2, 0.25) is 0 Å². The molecule has 0 aliphatic rings. The number of carbonyl (C=O) groups excluding carboxylic acids is 2. The fourth-order valence-corrected chi connectivity index (χ4v) is 2.82. The summed E-state index contributed by atoms with van der Waals surface area (Å²) in [6.45, 7) is -0.0642. The van der Waals surface area contributed by atoms with Crippen molar-refractivity contribution in [1.82, 2.24) is 0 Å². The molecule has 0 unspecified atom stereocenters. The van der Waals surface area contributed by atoms with Crippen LogP contribution in [0.2, 0.25) is 5.02 Å². The number of hydrogen-bond donors (Lipinski definition) is 0. The second kappa shape index (κ2) is 9.53. The monoisotopic (exact) mass is 458 g/mol. The van der Waals surface area contributed by atoms with Gasteiger partial charge in [-0.2, -0.15) is 0 Å². The van der Waals surface area contributed by atoms with Crippen LogP contribution >= 0.6 is 27.5 Å². The smallest absolute Gasteiger partial charge is 0.342 e. The van der Waals surface area contributed by atoms with Crippen molar-refractivity contribution in [1.29, 1.82) is 0 Å². The first-order valence-electron chi connectivity index (χ1n) is 8.45. The molecule has 0 fully saturated rings. The molecule has 142 valence electrons. The third-order valence-corrected chi connectivity index (χ3v) is 4.70. The van der Waals surface area contributed by atoms with Gasteiger partial charge >= 0.3 is 5.97 Å². The minimum Gasteiger partial charge on any atom is -0.488 e. The fourth-order valence-electron chi connectivity index (χ4n) is 2.43. The lowest BCUT2D eigenvalue weighted by molar-refractivity contribution is 0.0470. The summed E-state index contributed by atoms with van der Waals surface area (Å²) in [6.07, 6.45) is 0. The molecule has 0 aliphatic heterocycles. The van der Waals surface area contributed by atoms with Gasteiger partial charge in [0.05, 0.1) is 0 Å². The zero-order valence-corrected chi connectivity index (χ0v) is 17.1. The van der Waals surface area contributed by atoms with Crippen LogP contribution in [0.1, 0.15) is 26.3 Å². The van der Waals surface area contributed by atoms with Crippen molar-refractivity contribution in [2.45, 2.75) is 6.61 Å². The predicted octanol–water partition coefficient (Wildman–Crippen LogP) is 5.72. The van der Waals surface area contributed by atoms with E-state index in [1.807, 2.05) is 12.1 Å². The van der Waals surface area contributed by atoms with Crippen LogP contribution in [0.3, 0.4) is 0 Å². The summed E-state index contributed by atoms with van der Waals surface area (Å²) in [4.78, 5) is 24.6. The number of ketones is 1. The fraction of sp³-hybridized carbons (Fsp3) is 0.0909. The Morgan fingerprint density at radius 1 is 0.893 bits per heavy atom. The highest BCUT2D eigenvalue weighted by atomic mass is 79.9. The molecule has 28 heavy (non-hydrogen) atoms. The van der Waals surface area contributed by atoms with E-state index in [4.69, 9.17) is 21.1 Å². The summed E-state index contributed by atoms with van der Waals surface area (Å²) in [5.74, 6) is -0.504. The molecular weight excluding hydrogens is 444 g/mol. The van der Waals surface area contributed by atoms with E-state index in [1.165, 1.54) is 0 Å². The minimum absolute atomic E-state index is 0.264. The average molecular weight is 460 g/mol. The Bertz CT molecular complexity index is 969. The maximum Gasteiger partial charge on any atom is 0.342 e. The minimum atomic E-state index is -0.614. The van der Waals surface area contributed by atoms with Crippen molar-refractivity contribution in [2.75, 3.05) is 6.61 Å². The molecule has 0 spiro atoms. The van der Waals surface area contributed by atoms with Crippen LogP contribution in [0.15, 0.2) is 77.3 Å². The van der Waals surface area contributed by atoms with E-state index in [0.29, 0.717) is 16.3 Å². The van der Waals surface area contributed by atoms with Gasteiger partial charge in [-0.3, -0.25) is 4.79 Å². The third-order valence-electron chi connectivity index (χ3n) is 3.92. The number of benzene rings is 3. The second-order valence-corrected chi connectivity index (χ2v) is 7.27. The number of hydrogen-bond acceptors (Lipinski definition) is 4. The molecular formula is C22H16BrClO4. The molecule has 6 heteroatoms. The predicted molar refractivity (Wildman–Crippen MR) is 111 cm³/mol. The number of para-hydroxylation sites is 1. The molecule has 0 amide bonds. The summed E-state index contributed by atoms with van der Waals surface area (Å²) in [7, 11) is 0. The molecule has 0 bridgehead atoms. The molecule has 3 aromatic rings. The van der Waals surface area contributed by atoms with Crippen molar-refractivity contribution in [3.05, 3.63) is 99.0 Å². The highest BCUT2D eigenvalue weighted by Gasteiger charge is 2.16. The zero-order chi connectivity index (χ0) is 19.9. The molecule has 0 atom stereocenters. The number of Topliss-reactive ketones (excluding diaryl/α,β-unsaturated/α-hetero) is 1. The van der Waals surface area contributed by atoms with Crippen molar-refractivity contribution in [3.63, 3.8) is 0 Å². The molecule has 0 radical (unpaired) electrons. The van der Waals surface area contributed by atoms with Crippen LogP contribution in [-0.2, 0) is 11.3 Å². The molecule has 0 saturated carbocycles. The number of halogens is 2. The van der Waals surface area contributed by atoms with Gasteiger partial charge < -0.3 is 9.47 Å². The summed E-state index contributed by atoms with van der Waals surface area (Å²) < 4.78 is 11.8. The quantitative estimate of drug-likeness (QED) is 0.335. The topological polar surface area (TPSA) is 52.6 Å². The Balaban J connectivity index is 1.62. The normalized spacial score (nSPS) is 10.4. The van der Waals surface area contributed by atoms with Gasteiger partial charge in [0.25, 0.3) is 0 Å². The van der Waals surface area contributed by atoms with Crippen molar-refractivity contribution in [3.8, 4) is 5.75 Å². The number of rotatable bonds is 7. The van der Waals surface area contributed by atoms with Crippen molar-refractivity contribution >= 4 is 39.3 Å². The molecule has 0 aromatic heterocycles. The van der Waals surface area contributed by atoms with Crippen molar-refractivity contribution < 1.29 is 19.1 Å². The van der Waals surface area contributed by atoms with E-state index < -0.39 is 5.97 Å². The molecule has 3 aromatic carbocycles. The summed E-state index contributed by atoms with van der Waals surface area (Å²) in [5.41, 5.74) is 1.65. The largest absolute Gasteiger partial charge is 0.488 e. The van der Waals surface area contributed by atoms with E-state index in [9.17, 15) is 9.59 Å². The molecule has 0 heterocycles. The Hall–Kier alpha value is -2.63. The highest BCUT2D eigenvalue weighted by molar-refractivity contribution is 9.10. The zero-order valence-electron chi connectivity index (χ0n) is 14.7. The first-order valence-corrected chi connectivity index (χ1v) is 9.62. The first-order chi connectivity index (χ1) is 13.5. The van der Waals surface area contributed by atoms with E-state index in [1.54, 1.807) is 60.7 Å². The lowest BCUT2D eigenvalue weighted by atomic mass is 10.1. The second-order valence-electron chi connectivity index (χ2n) is 5.92. The number of carbonyl (C=O) groups is 2. The van der Waals surface area contributed by atoms with Crippen LogP contribution in [0.25, 0.3) is 0 Å². The highest BCUT2D eigenvalue weighted by Crippen LogP contribution is 2.21. The molecule has 0 aliphatic carbocycles. The molecule has 0 saturated heterocycles. The van der Waals surface area contributed by atoms with Gasteiger partial charge in [-0.1, -0.05) is 63.9 Å². The lowest BCUT2D eigenvalue weighted by Crippen LogP contribution is -2.15. The summed E-state index contributed by atoms with van der Waals surface area (Å²) >= 11 is 9.19. The van der Waals surface area contributed by atoms with Crippen LogP contribution in [-0.4, -0.2) is 18.4 Å². The number of ether oxygens (including phenoxy) is 2. The van der Waals surface area contributed by atoms with Gasteiger partial charge in [0, 0.05) is 15.1 Å². The van der Waals surface area contributed by atoms with E-state index in [0.717, 1.165) is 10.0 Å². The first kappa shape index (κ1) is 20.1. The number of esters is 1. The maximum atomic E-state index is 12.4. The van der Waals surface area contributed by atoms with E-state index in [-0.39, 0.29) is 24.6 Å². The van der Waals surface area contributed by atoms with Crippen LogP contribution in [0.4, 0.5) is 0 Å². The maximum absolute atomic E-state index is 12.4. The van der Waals surface area contributed by atoms with Gasteiger partial charge in [-0.05, 0) is 42.0 Å². The van der Waals surface area contributed by atoms with Gasteiger partial charge in [-0.25, -0.2) is 4.79 Å².